The number of pyridine rings is 1. The summed E-state index contributed by atoms with van der Waals surface area (Å²) in [5.41, 5.74) is 0.749. The lowest BCUT2D eigenvalue weighted by Crippen LogP contribution is -2.04. The van der Waals surface area contributed by atoms with Crippen LogP contribution in [0.3, 0.4) is 0 Å². The van der Waals surface area contributed by atoms with Gasteiger partial charge in [0.25, 0.3) is 0 Å². The van der Waals surface area contributed by atoms with Gasteiger partial charge >= 0.3 is 0 Å². The molecule has 84 valence electrons. The molecule has 5 heteroatoms. The summed E-state index contributed by atoms with van der Waals surface area (Å²) in [4.78, 5) is 3.99. The summed E-state index contributed by atoms with van der Waals surface area (Å²) in [7, 11) is -3.19. The van der Waals surface area contributed by atoms with Crippen molar-refractivity contribution in [2.75, 3.05) is 5.21 Å². The van der Waals surface area contributed by atoms with E-state index in [2.05, 4.69) is 4.98 Å². The average Bonchev–Trinajstić information content (AvgIpc) is 2.28. The number of fused-ring (bicyclic) bond motifs is 1. The van der Waals surface area contributed by atoms with Crippen LogP contribution >= 0.6 is 11.6 Å². The quantitative estimate of drug-likeness (QED) is 0.791. The van der Waals surface area contributed by atoms with Crippen molar-refractivity contribution >= 4 is 32.2 Å². The molecule has 0 atom stereocenters. The van der Waals surface area contributed by atoms with Gasteiger partial charge in [0.2, 0.25) is 0 Å². The van der Waals surface area contributed by atoms with Crippen LogP contribution in [0.5, 0.6) is 0 Å². The van der Waals surface area contributed by atoms with Crippen LogP contribution < -0.4 is 0 Å². The second-order valence-electron chi connectivity index (χ2n) is 3.55. The van der Waals surface area contributed by atoms with Crippen LogP contribution in [0.1, 0.15) is 5.56 Å². The topological polar surface area (TPSA) is 47.0 Å². The van der Waals surface area contributed by atoms with Crippen LogP contribution in [0, 0.1) is 0 Å². The Morgan fingerprint density at radius 2 is 2.00 bits per heavy atom. The third-order valence-electron chi connectivity index (χ3n) is 2.26. The average molecular weight is 256 g/mol. The lowest BCUT2D eigenvalue weighted by atomic mass is 10.1. The molecule has 0 spiro atoms. The Kier molecular flexibility index (Phi) is 3.12. The molecule has 0 unspecified atom stereocenters. The van der Waals surface area contributed by atoms with E-state index in [9.17, 15) is 8.42 Å². The summed E-state index contributed by atoms with van der Waals surface area (Å²) in [5.74, 6) is -0.0191. The molecule has 0 saturated carbocycles. The number of benzene rings is 1. The van der Waals surface area contributed by atoms with Gasteiger partial charge in [0, 0.05) is 17.8 Å². The Hall–Kier alpha value is -1.13. The molecule has 0 amide bonds. The molecule has 0 N–H and O–H groups in total. The molecule has 2 aromatic rings. The molecule has 1 aromatic heterocycles. The number of alkyl halides is 1. The van der Waals surface area contributed by atoms with E-state index >= 15 is 0 Å². The highest BCUT2D eigenvalue weighted by Crippen LogP contribution is 2.16. The van der Waals surface area contributed by atoms with Crippen molar-refractivity contribution in [3.05, 3.63) is 42.2 Å². The molecule has 16 heavy (non-hydrogen) atoms. The normalized spacial score (nSPS) is 11.8. The fourth-order valence-electron chi connectivity index (χ4n) is 1.52. The van der Waals surface area contributed by atoms with Crippen molar-refractivity contribution in [1.29, 1.82) is 0 Å². The molecule has 0 bridgehead atoms. The summed E-state index contributed by atoms with van der Waals surface area (Å²) >= 11 is 5.36. The predicted molar refractivity (Wildman–Crippen MR) is 65.1 cm³/mol. The molecule has 0 aliphatic carbocycles. The van der Waals surface area contributed by atoms with Crippen LogP contribution in [-0.2, 0) is 15.6 Å². The molecule has 0 fully saturated rings. The third kappa shape index (κ3) is 2.51. The molecule has 0 aliphatic heterocycles. The van der Waals surface area contributed by atoms with Crippen LogP contribution in [0.25, 0.3) is 10.8 Å². The minimum Gasteiger partial charge on any atom is -0.264 e. The van der Waals surface area contributed by atoms with Gasteiger partial charge < -0.3 is 0 Å². The van der Waals surface area contributed by atoms with E-state index in [4.69, 9.17) is 11.6 Å². The second kappa shape index (κ2) is 4.39. The van der Waals surface area contributed by atoms with Crippen LogP contribution in [-0.4, -0.2) is 18.6 Å². The highest BCUT2D eigenvalue weighted by molar-refractivity contribution is 7.91. The maximum absolute atomic E-state index is 11.4. The van der Waals surface area contributed by atoms with Gasteiger partial charge in [-0.25, -0.2) is 8.42 Å². The molecule has 0 saturated heterocycles. The lowest BCUT2D eigenvalue weighted by Gasteiger charge is -2.03. The molecule has 3 nitrogen and oxygen atoms in total. The molecule has 2 rings (SSSR count). The van der Waals surface area contributed by atoms with Crippen molar-refractivity contribution in [3.63, 3.8) is 0 Å². The first-order valence-corrected chi connectivity index (χ1v) is 7.05. The minimum atomic E-state index is -3.19. The second-order valence-corrected chi connectivity index (χ2v) is 6.20. The van der Waals surface area contributed by atoms with E-state index in [0.29, 0.717) is 0 Å². The van der Waals surface area contributed by atoms with Gasteiger partial charge in [0.15, 0.2) is 9.84 Å². The van der Waals surface area contributed by atoms with E-state index < -0.39 is 9.84 Å². The van der Waals surface area contributed by atoms with Gasteiger partial charge in [-0.3, -0.25) is 4.98 Å². The van der Waals surface area contributed by atoms with E-state index in [1.54, 1.807) is 18.5 Å². The number of sulfone groups is 1. The zero-order chi connectivity index (χ0) is 11.6. The number of rotatable bonds is 3. The number of hydrogen-bond donors (Lipinski definition) is 0. The smallest absolute Gasteiger partial charge is 0.168 e. The van der Waals surface area contributed by atoms with Crippen LogP contribution in [0.4, 0.5) is 0 Å². The highest BCUT2D eigenvalue weighted by atomic mass is 35.5. The Morgan fingerprint density at radius 3 is 2.75 bits per heavy atom. The van der Waals surface area contributed by atoms with Gasteiger partial charge in [-0.1, -0.05) is 18.2 Å². The van der Waals surface area contributed by atoms with Crippen LogP contribution in [0.2, 0.25) is 0 Å². The van der Waals surface area contributed by atoms with Crippen molar-refractivity contribution in [2.24, 2.45) is 0 Å². The van der Waals surface area contributed by atoms with E-state index in [-0.39, 0.29) is 11.0 Å². The van der Waals surface area contributed by atoms with E-state index in [1.807, 2.05) is 18.2 Å². The Balaban J connectivity index is 2.40. The van der Waals surface area contributed by atoms with E-state index in [0.717, 1.165) is 16.3 Å². The molecule has 0 radical (unpaired) electrons. The SMILES string of the molecule is O=S(=O)(CCl)Cc1ccc2cnccc2c1. The monoisotopic (exact) mass is 255 g/mol. The molecule has 1 aromatic carbocycles. The largest absolute Gasteiger partial charge is 0.264 e. The lowest BCUT2D eigenvalue weighted by molar-refractivity contribution is 0.600. The molecular weight excluding hydrogens is 246 g/mol. The summed E-state index contributed by atoms with van der Waals surface area (Å²) in [6.07, 6.45) is 3.43. The minimum absolute atomic E-state index is 0.0191. The highest BCUT2D eigenvalue weighted by Gasteiger charge is 2.10. The van der Waals surface area contributed by atoms with Crippen molar-refractivity contribution in [3.8, 4) is 0 Å². The first kappa shape index (κ1) is 11.4. The number of halogens is 1. The molecule has 1 heterocycles. The standard InChI is InChI=1S/C11H10ClNO2S/c12-8-16(14,15)7-9-1-2-11-6-13-4-3-10(11)5-9/h1-6H,7-8H2. The fourth-order valence-corrected chi connectivity index (χ4v) is 2.51. The summed E-state index contributed by atoms with van der Waals surface area (Å²) in [6.45, 7) is 0. The maximum atomic E-state index is 11.4. The van der Waals surface area contributed by atoms with Gasteiger partial charge in [0.05, 0.1) is 5.75 Å². The summed E-state index contributed by atoms with van der Waals surface area (Å²) < 4.78 is 22.7. The summed E-state index contributed by atoms with van der Waals surface area (Å²) in [5, 5.41) is 1.63. The Morgan fingerprint density at radius 1 is 1.19 bits per heavy atom. The number of nitrogens with zero attached hydrogens (tertiary/aromatic N) is 1. The van der Waals surface area contributed by atoms with Gasteiger partial charge in [-0.15, -0.1) is 11.6 Å². The van der Waals surface area contributed by atoms with Crippen molar-refractivity contribution in [1.82, 2.24) is 4.98 Å². The molecule has 0 aliphatic rings. The van der Waals surface area contributed by atoms with Crippen LogP contribution in [0.15, 0.2) is 36.7 Å². The predicted octanol–water partition coefficient (Wildman–Crippen LogP) is 2.35. The van der Waals surface area contributed by atoms with Crippen molar-refractivity contribution < 1.29 is 8.42 Å². The molecular formula is C11H10ClNO2S. The van der Waals surface area contributed by atoms with Gasteiger partial charge in [-0.2, -0.15) is 0 Å². The zero-order valence-electron chi connectivity index (χ0n) is 8.43. The first-order chi connectivity index (χ1) is 7.61. The Bertz CT molecular complexity index is 610. The number of aromatic nitrogens is 1. The van der Waals surface area contributed by atoms with Crippen molar-refractivity contribution in [2.45, 2.75) is 5.75 Å². The van der Waals surface area contributed by atoms with E-state index in [1.165, 1.54) is 0 Å². The zero-order valence-corrected chi connectivity index (χ0v) is 10.0. The fraction of sp³-hybridized carbons (Fsp3) is 0.182. The summed E-state index contributed by atoms with van der Waals surface area (Å²) in [6, 6.07) is 7.35. The number of hydrogen-bond acceptors (Lipinski definition) is 3. The third-order valence-corrected chi connectivity index (χ3v) is 4.36. The maximum Gasteiger partial charge on any atom is 0.168 e. The van der Waals surface area contributed by atoms with Gasteiger partial charge in [0.1, 0.15) is 5.21 Å². The first-order valence-electron chi connectivity index (χ1n) is 4.70. The Labute approximate surface area is 99.0 Å². The van der Waals surface area contributed by atoms with Gasteiger partial charge in [-0.05, 0) is 17.0 Å².